The molecule has 7 heteroatoms. The molecular weight excluding hydrogens is 228 g/mol. The molecule has 0 aromatic carbocycles. The summed E-state index contributed by atoms with van der Waals surface area (Å²) in [6, 6.07) is 1.50. The van der Waals surface area contributed by atoms with Crippen LogP contribution in [0.2, 0.25) is 0 Å². The molecule has 0 bridgehead atoms. The van der Waals surface area contributed by atoms with Crippen molar-refractivity contribution in [3.8, 4) is 0 Å². The molecule has 0 aliphatic carbocycles. The van der Waals surface area contributed by atoms with Crippen molar-refractivity contribution < 1.29 is 4.92 Å². The van der Waals surface area contributed by atoms with Crippen molar-refractivity contribution in [1.82, 2.24) is 15.0 Å². The number of H-pyrrole nitrogens is 1. The normalized spacial score (nSPS) is 10.3. The van der Waals surface area contributed by atoms with Crippen LogP contribution in [0.3, 0.4) is 0 Å². The summed E-state index contributed by atoms with van der Waals surface area (Å²) in [4.78, 5) is 21.3. The smallest absolute Gasteiger partial charge is 0.302 e. The van der Waals surface area contributed by atoms with Gasteiger partial charge in [-0.15, -0.1) is 0 Å². The second kappa shape index (κ2) is 4.31. The summed E-state index contributed by atoms with van der Waals surface area (Å²) in [5.41, 5.74) is 0.761. The molecule has 0 saturated heterocycles. The topological polar surface area (TPSA) is 84.7 Å². The van der Waals surface area contributed by atoms with E-state index < -0.39 is 4.92 Å². The van der Waals surface area contributed by atoms with E-state index in [1.807, 2.05) is 0 Å². The van der Waals surface area contributed by atoms with Crippen LogP contribution in [0.25, 0.3) is 0 Å². The Morgan fingerprint density at radius 1 is 1.50 bits per heavy atom. The lowest BCUT2D eigenvalue weighted by Gasteiger charge is -2.00. The third-order valence-electron chi connectivity index (χ3n) is 1.83. The predicted molar refractivity (Wildman–Crippen MR) is 58.3 cm³/mol. The lowest BCUT2D eigenvalue weighted by Crippen LogP contribution is -1.94. The minimum Gasteiger partial charge on any atom is -0.339 e. The maximum atomic E-state index is 10.8. The second-order valence-electron chi connectivity index (χ2n) is 3.09. The van der Waals surface area contributed by atoms with Crippen LogP contribution in [0, 0.1) is 17.0 Å². The van der Waals surface area contributed by atoms with E-state index in [-0.39, 0.29) is 5.69 Å². The van der Waals surface area contributed by atoms with E-state index in [0.29, 0.717) is 10.2 Å². The number of nitrogens with zero attached hydrogens (tertiary/aromatic N) is 3. The van der Waals surface area contributed by atoms with E-state index in [1.165, 1.54) is 6.07 Å². The summed E-state index contributed by atoms with van der Waals surface area (Å²) in [5.74, 6) is 0. The Bertz CT molecular complexity index is 512. The highest BCUT2D eigenvalue weighted by atomic mass is 32.2. The van der Waals surface area contributed by atoms with E-state index in [0.717, 1.165) is 17.3 Å². The van der Waals surface area contributed by atoms with Crippen molar-refractivity contribution in [2.24, 2.45) is 0 Å². The lowest BCUT2D eigenvalue weighted by atomic mass is 10.3. The van der Waals surface area contributed by atoms with E-state index >= 15 is 0 Å². The first-order valence-electron chi connectivity index (χ1n) is 4.45. The monoisotopic (exact) mass is 236 g/mol. The summed E-state index contributed by atoms with van der Waals surface area (Å²) in [5, 5.41) is 11.7. The Morgan fingerprint density at radius 2 is 2.31 bits per heavy atom. The van der Waals surface area contributed by atoms with Crippen LogP contribution in [0.15, 0.2) is 34.8 Å². The molecule has 0 aliphatic heterocycles. The van der Waals surface area contributed by atoms with Gasteiger partial charge in [-0.25, -0.2) is 9.97 Å². The molecule has 0 unspecified atom stereocenters. The molecule has 16 heavy (non-hydrogen) atoms. The molecule has 2 heterocycles. The summed E-state index contributed by atoms with van der Waals surface area (Å²) in [6.45, 7) is 1.77. The van der Waals surface area contributed by atoms with E-state index in [1.54, 1.807) is 25.5 Å². The molecule has 0 spiro atoms. The van der Waals surface area contributed by atoms with Gasteiger partial charge in [0.1, 0.15) is 0 Å². The zero-order valence-corrected chi connectivity index (χ0v) is 9.19. The fourth-order valence-corrected chi connectivity index (χ4v) is 1.92. The number of aromatic amines is 1. The van der Waals surface area contributed by atoms with Crippen LogP contribution in [0.4, 0.5) is 5.69 Å². The molecule has 0 radical (unpaired) electrons. The van der Waals surface area contributed by atoms with Gasteiger partial charge in [-0.3, -0.25) is 10.1 Å². The molecule has 0 amide bonds. The van der Waals surface area contributed by atoms with Crippen LogP contribution >= 0.6 is 11.8 Å². The minimum absolute atomic E-state index is 0.00130. The quantitative estimate of drug-likeness (QED) is 0.652. The van der Waals surface area contributed by atoms with Gasteiger partial charge in [-0.1, -0.05) is 0 Å². The number of hydrogen-bond donors (Lipinski definition) is 1. The van der Waals surface area contributed by atoms with Gasteiger partial charge in [0.15, 0.2) is 10.2 Å². The fourth-order valence-electron chi connectivity index (χ4n) is 1.15. The molecule has 1 N–H and O–H groups in total. The van der Waals surface area contributed by atoms with Crippen LogP contribution in [-0.4, -0.2) is 19.9 Å². The van der Waals surface area contributed by atoms with E-state index in [9.17, 15) is 10.1 Å². The number of aromatic nitrogens is 3. The SMILES string of the molecule is Cc1cnc(Sc2ncc[nH]2)c([N+](=O)[O-])c1. The van der Waals surface area contributed by atoms with Gasteiger partial charge in [0.05, 0.1) is 4.92 Å². The fraction of sp³-hybridized carbons (Fsp3) is 0.111. The van der Waals surface area contributed by atoms with Crippen molar-refractivity contribution in [1.29, 1.82) is 0 Å². The summed E-state index contributed by atoms with van der Waals surface area (Å²) >= 11 is 1.14. The molecule has 6 nitrogen and oxygen atoms in total. The van der Waals surface area contributed by atoms with Crippen LogP contribution in [0.5, 0.6) is 0 Å². The van der Waals surface area contributed by atoms with Crippen LogP contribution in [0.1, 0.15) is 5.56 Å². The molecule has 0 fully saturated rings. The van der Waals surface area contributed by atoms with E-state index in [4.69, 9.17) is 0 Å². The number of rotatable bonds is 3. The Morgan fingerprint density at radius 3 is 2.94 bits per heavy atom. The maximum Gasteiger partial charge on any atom is 0.302 e. The summed E-state index contributed by atoms with van der Waals surface area (Å²) in [6.07, 6.45) is 4.84. The van der Waals surface area contributed by atoms with Crippen molar-refractivity contribution in [3.05, 3.63) is 40.3 Å². The van der Waals surface area contributed by atoms with Gasteiger partial charge < -0.3 is 4.98 Å². The minimum atomic E-state index is -0.439. The van der Waals surface area contributed by atoms with Gasteiger partial charge in [-0.05, 0) is 24.2 Å². The van der Waals surface area contributed by atoms with Gasteiger partial charge in [0.25, 0.3) is 0 Å². The predicted octanol–water partition coefficient (Wildman–Crippen LogP) is 2.17. The number of hydrogen-bond acceptors (Lipinski definition) is 5. The third kappa shape index (κ3) is 2.19. The molecule has 2 aromatic heterocycles. The zero-order chi connectivity index (χ0) is 11.5. The highest BCUT2D eigenvalue weighted by Gasteiger charge is 2.17. The number of aryl methyl sites for hydroxylation is 1. The van der Waals surface area contributed by atoms with Gasteiger partial charge >= 0.3 is 5.69 Å². The molecule has 0 saturated carbocycles. The molecule has 2 rings (SSSR count). The Hall–Kier alpha value is -1.89. The Balaban J connectivity index is 2.36. The Kier molecular flexibility index (Phi) is 2.86. The molecule has 0 atom stereocenters. The average molecular weight is 236 g/mol. The average Bonchev–Trinajstić information content (AvgIpc) is 2.73. The highest BCUT2D eigenvalue weighted by molar-refractivity contribution is 7.99. The first kappa shape index (κ1) is 10.6. The van der Waals surface area contributed by atoms with Crippen LogP contribution in [-0.2, 0) is 0 Å². The lowest BCUT2D eigenvalue weighted by molar-refractivity contribution is -0.388. The van der Waals surface area contributed by atoms with Gasteiger partial charge in [0.2, 0.25) is 0 Å². The molecule has 82 valence electrons. The molecule has 0 aliphatic rings. The number of pyridine rings is 1. The van der Waals surface area contributed by atoms with E-state index in [2.05, 4.69) is 15.0 Å². The largest absolute Gasteiger partial charge is 0.339 e. The maximum absolute atomic E-state index is 10.8. The number of nitro groups is 1. The standard InChI is InChI=1S/C9H8N4O2S/c1-6-4-7(13(14)15)8(12-5-6)16-9-10-2-3-11-9/h2-5H,1H3,(H,10,11). The molecule has 2 aromatic rings. The third-order valence-corrected chi connectivity index (χ3v) is 2.76. The number of imidazole rings is 1. The number of nitrogens with one attached hydrogen (secondary N) is 1. The van der Waals surface area contributed by atoms with Crippen LogP contribution < -0.4 is 0 Å². The second-order valence-corrected chi connectivity index (χ2v) is 4.07. The summed E-state index contributed by atoms with van der Waals surface area (Å²) in [7, 11) is 0. The summed E-state index contributed by atoms with van der Waals surface area (Å²) < 4.78 is 0. The first-order chi connectivity index (χ1) is 7.66. The van der Waals surface area contributed by atoms with Crippen molar-refractivity contribution >= 4 is 17.4 Å². The first-order valence-corrected chi connectivity index (χ1v) is 5.27. The van der Waals surface area contributed by atoms with Crippen molar-refractivity contribution in [2.45, 2.75) is 17.1 Å². The zero-order valence-electron chi connectivity index (χ0n) is 8.38. The van der Waals surface area contributed by atoms with Gasteiger partial charge in [-0.2, -0.15) is 0 Å². The van der Waals surface area contributed by atoms with Crippen molar-refractivity contribution in [3.63, 3.8) is 0 Å². The van der Waals surface area contributed by atoms with Crippen molar-refractivity contribution in [2.75, 3.05) is 0 Å². The molecular formula is C9H8N4O2S. The van der Waals surface area contributed by atoms with Gasteiger partial charge in [0, 0.05) is 24.7 Å². The highest BCUT2D eigenvalue weighted by Crippen LogP contribution is 2.31. The Labute approximate surface area is 95.3 Å².